The maximum atomic E-state index is 11.2. The zero-order valence-electron chi connectivity index (χ0n) is 7.07. The van der Waals surface area contributed by atoms with E-state index < -0.39 is 10.3 Å². The third-order valence-corrected chi connectivity index (χ3v) is 2.19. The second kappa shape index (κ2) is 4.04. The molecule has 0 aliphatic carbocycles. The average Bonchev–Trinajstić information content (AvgIpc) is 2.17. The van der Waals surface area contributed by atoms with E-state index >= 15 is 0 Å². The van der Waals surface area contributed by atoms with Crippen molar-refractivity contribution in [3.63, 3.8) is 0 Å². The molecule has 0 atom stereocenters. The van der Waals surface area contributed by atoms with Crippen LogP contribution in [-0.4, -0.2) is 19.2 Å². The summed E-state index contributed by atoms with van der Waals surface area (Å²) in [6, 6.07) is 2.89. The van der Waals surface area contributed by atoms with Gasteiger partial charge in [0.2, 0.25) is 10.3 Å². The van der Waals surface area contributed by atoms with Crippen LogP contribution in [0.5, 0.6) is 0 Å². The molecule has 0 aromatic carbocycles. The Bertz CT molecular complexity index is 476. The number of Topliss-reactive ketones (excluding diaryl/α,β-unsaturated/α-hetero) is 1. The summed E-state index contributed by atoms with van der Waals surface area (Å²) in [6.07, 6.45) is 1.81. The summed E-state index contributed by atoms with van der Waals surface area (Å²) in [4.78, 5) is 13.7. The van der Waals surface area contributed by atoms with Crippen molar-refractivity contribution in [1.82, 2.24) is 4.98 Å². The van der Waals surface area contributed by atoms with Gasteiger partial charge in [-0.05, 0) is 12.1 Å². The first kappa shape index (κ1) is 9.73. The van der Waals surface area contributed by atoms with Crippen LogP contribution in [0.25, 0.3) is 0 Å². The summed E-state index contributed by atoms with van der Waals surface area (Å²) in [5.41, 5.74) is 0.417. The molecule has 1 N–H and O–H groups in total. The van der Waals surface area contributed by atoms with Gasteiger partial charge in [0, 0.05) is 18.2 Å². The van der Waals surface area contributed by atoms with Gasteiger partial charge in [-0.1, -0.05) is 6.92 Å². The van der Waals surface area contributed by atoms with Gasteiger partial charge >= 0.3 is 0 Å². The number of carbonyl (C=O) groups is 1. The van der Waals surface area contributed by atoms with Crippen molar-refractivity contribution in [2.75, 3.05) is 0 Å². The predicted molar refractivity (Wildman–Crippen MR) is 47.6 cm³/mol. The van der Waals surface area contributed by atoms with E-state index in [1.807, 2.05) is 0 Å². The summed E-state index contributed by atoms with van der Waals surface area (Å²) in [6.45, 7) is 1.73. The van der Waals surface area contributed by atoms with Gasteiger partial charge in [0.1, 0.15) is 0 Å². The van der Waals surface area contributed by atoms with Gasteiger partial charge in [0.05, 0.1) is 0 Å². The molecule has 0 saturated heterocycles. The largest absolute Gasteiger partial charge is 0.349 e. The Kier molecular flexibility index (Phi) is 3.02. The molecule has 1 aromatic heterocycles. The fourth-order valence-corrected chi connectivity index (χ4v) is 1.31. The number of aromatic nitrogens is 1. The second-order valence-electron chi connectivity index (χ2n) is 2.45. The Morgan fingerprint density at radius 2 is 2.23 bits per heavy atom. The van der Waals surface area contributed by atoms with Crippen LogP contribution >= 0.6 is 0 Å². The molecule has 0 bridgehead atoms. The predicted octanol–water partition coefficient (Wildman–Crippen LogP) is 1.02. The van der Waals surface area contributed by atoms with Gasteiger partial charge in [0.15, 0.2) is 10.4 Å². The van der Waals surface area contributed by atoms with Crippen LogP contribution in [0.15, 0.2) is 18.3 Å². The molecule has 0 saturated carbocycles. The Morgan fingerprint density at radius 1 is 1.54 bits per heavy atom. The fourth-order valence-electron chi connectivity index (χ4n) is 0.918. The molecule has 0 aliphatic rings. The Morgan fingerprint density at radius 3 is 2.77 bits per heavy atom. The zero-order chi connectivity index (χ0) is 9.84. The number of carbonyl (C=O) groups excluding carboxylic acids is 1. The van der Waals surface area contributed by atoms with Crippen LogP contribution in [0.1, 0.15) is 23.7 Å². The number of H-pyrrole nitrogens is 1. The smallest absolute Gasteiger partial charge is 0.238 e. The SMILES string of the molecule is CCC(=O)c1cc[nH]c(=S(=O)=O)c1. The number of aromatic amines is 1. The first-order valence-corrected chi connectivity index (χ1v) is 4.87. The van der Waals surface area contributed by atoms with Crippen LogP contribution < -0.4 is 0 Å². The maximum absolute atomic E-state index is 11.2. The molecule has 5 heteroatoms. The summed E-state index contributed by atoms with van der Waals surface area (Å²) in [5.74, 6) is -0.0688. The normalized spacial score (nSPS) is 9.62. The lowest BCUT2D eigenvalue weighted by Gasteiger charge is -1.94. The van der Waals surface area contributed by atoms with Gasteiger partial charge in [-0.15, -0.1) is 0 Å². The Balaban J connectivity index is 3.38. The molecule has 4 nitrogen and oxygen atoms in total. The topological polar surface area (TPSA) is 67.0 Å². The van der Waals surface area contributed by atoms with E-state index in [0.29, 0.717) is 12.0 Å². The van der Waals surface area contributed by atoms with Crippen molar-refractivity contribution >= 4 is 16.1 Å². The van der Waals surface area contributed by atoms with Crippen molar-refractivity contribution in [2.24, 2.45) is 0 Å². The number of nitrogens with one attached hydrogen (secondary N) is 1. The lowest BCUT2D eigenvalue weighted by Crippen LogP contribution is -1.96. The summed E-state index contributed by atoms with van der Waals surface area (Å²) in [5, 5.41) is 0. The van der Waals surface area contributed by atoms with Crippen molar-refractivity contribution in [3.05, 3.63) is 28.5 Å². The minimum atomic E-state index is -2.32. The highest BCUT2D eigenvalue weighted by Crippen LogP contribution is 2.01. The van der Waals surface area contributed by atoms with Crippen molar-refractivity contribution in [3.8, 4) is 0 Å². The van der Waals surface area contributed by atoms with Gasteiger partial charge in [0.25, 0.3) is 0 Å². The molecule has 0 spiro atoms. The van der Waals surface area contributed by atoms with E-state index in [1.54, 1.807) is 13.0 Å². The lowest BCUT2D eigenvalue weighted by molar-refractivity contribution is 0.0988. The molecule has 0 aliphatic heterocycles. The summed E-state index contributed by atoms with van der Waals surface area (Å²) in [7, 11) is -2.32. The third-order valence-electron chi connectivity index (χ3n) is 1.60. The average molecular weight is 199 g/mol. The van der Waals surface area contributed by atoms with Gasteiger partial charge in [-0.2, -0.15) is 8.42 Å². The summed E-state index contributed by atoms with van der Waals surface area (Å²) < 4.78 is 21.1. The van der Waals surface area contributed by atoms with E-state index in [-0.39, 0.29) is 10.4 Å². The minimum Gasteiger partial charge on any atom is -0.349 e. The number of pyridine rings is 1. The van der Waals surface area contributed by atoms with Crippen LogP contribution in [-0.2, 0) is 10.3 Å². The van der Waals surface area contributed by atoms with Crippen molar-refractivity contribution in [1.29, 1.82) is 0 Å². The standard InChI is InChI=1S/C8H9NO3S/c1-2-7(10)6-3-4-9-8(5-6)13(11)12/h3-5,9H,2H2,1H3. The fraction of sp³-hybridized carbons (Fsp3) is 0.250. The quantitative estimate of drug-likeness (QED) is 0.571. The highest BCUT2D eigenvalue weighted by atomic mass is 32.2. The summed E-state index contributed by atoms with van der Waals surface area (Å²) >= 11 is 0. The van der Waals surface area contributed by atoms with Crippen LogP contribution in [0.4, 0.5) is 0 Å². The Hall–Kier alpha value is -1.36. The monoisotopic (exact) mass is 199 g/mol. The van der Waals surface area contributed by atoms with E-state index in [9.17, 15) is 13.2 Å². The van der Waals surface area contributed by atoms with Crippen LogP contribution in [0.3, 0.4) is 0 Å². The first-order chi connectivity index (χ1) is 6.15. The number of ketones is 1. The van der Waals surface area contributed by atoms with E-state index in [1.165, 1.54) is 12.3 Å². The highest BCUT2D eigenvalue weighted by molar-refractivity contribution is 7.63. The van der Waals surface area contributed by atoms with E-state index in [0.717, 1.165) is 0 Å². The maximum Gasteiger partial charge on any atom is 0.238 e. The molecule has 0 amide bonds. The second-order valence-corrected chi connectivity index (χ2v) is 3.36. The zero-order valence-corrected chi connectivity index (χ0v) is 7.89. The van der Waals surface area contributed by atoms with Crippen molar-refractivity contribution < 1.29 is 13.2 Å². The molecule has 0 unspecified atom stereocenters. The number of hydrogen-bond donors (Lipinski definition) is 1. The Labute approximate surface area is 76.8 Å². The molecule has 70 valence electrons. The number of rotatable bonds is 2. The van der Waals surface area contributed by atoms with Crippen LogP contribution in [0.2, 0.25) is 0 Å². The number of hydrogen-bond acceptors (Lipinski definition) is 3. The van der Waals surface area contributed by atoms with Crippen LogP contribution in [0, 0.1) is 4.64 Å². The molecule has 1 rings (SSSR count). The molecule has 1 aromatic rings. The van der Waals surface area contributed by atoms with Gasteiger partial charge in [-0.25, -0.2) is 0 Å². The molecular weight excluding hydrogens is 190 g/mol. The molecule has 0 radical (unpaired) electrons. The highest BCUT2D eigenvalue weighted by Gasteiger charge is 2.01. The van der Waals surface area contributed by atoms with E-state index in [2.05, 4.69) is 4.98 Å². The van der Waals surface area contributed by atoms with Gasteiger partial charge in [-0.3, -0.25) is 4.79 Å². The molecule has 13 heavy (non-hydrogen) atoms. The molecular formula is C8H9NO3S. The molecule has 0 fully saturated rings. The minimum absolute atomic E-state index is 0.0271. The van der Waals surface area contributed by atoms with E-state index in [4.69, 9.17) is 0 Å². The first-order valence-electron chi connectivity index (χ1n) is 3.79. The van der Waals surface area contributed by atoms with Gasteiger partial charge < -0.3 is 4.98 Å². The van der Waals surface area contributed by atoms with Crippen molar-refractivity contribution in [2.45, 2.75) is 13.3 Å². The molecule has 1 heterocycles. The third kappa shape index (κ3) is 2.29. The lowest BCUT2D eigenvalue weighted by atomic mass is 10.1.